The lowest BCUT2D eigenvalue weighted by atomic mass is 10.1. The summed E-state index contributed by atoms with van der Waals surface area (Å²) >= 11 is 0. The van der Waals surface area contributed by atoms with E-state index in [2.05, 4.69) is 4.98 Å². The number of piperidine rings is 1. The molecule has 2 heterocycles. The minimum atomic E-state index is 0.168. The first-order valence-corrected chi connectivity index (χ1v) is 6.21. The number of nitrogens with zero attached hydrogens (tertiary/aromatic N) is 1. The molecule has 3 nitrogen and oxygen atoms in total. The molecule has 2 aromatic rings. The maximum atomic E-state index is 12.3. The maximum Gasteiger partial charge on any atom is 0.253 e. The van der Waals surface area contributed by atoms with Crippen LogP contribution >= 0.6 is 0 Å². The monoisotopic (exact) mass is 228 g/mol. The third-order valence-corrected chi connectivity index (χ3v) is 3.45. The molecule has 1 saturated heterocycles. The van der Waals surface area contributed by atoms with Gasteiger partial charge in [0.15, 0.2) is 0 Å². The number of hydrogen-bond donors (Lipinski definition) is 1. The largest absolute Gasteiger partial charge is 0.361 e. The molecule has 88 valence electrons. The number of carbonyl (C=O) groups is 1. The van der Waals surface area contributed by atoms with Crippen LogP contribution in [0.15, 0.2) is 30.5 Å². The van der Waals surface area contributed by atoms with Crippen LogP contribution in [0.3, 0.4) is 0 Å². The van der Waals surface area contributed by atoms with Crippen molar-refractivity contribution in [1.29, 1.82) is 0 Å². The first-order valence-electron chi connectivity index (χ1n) is 6.21. The van der Waals surface area contributed by atoms with Gasteiger partial charge in [0, 0.05) is 30.4 Å². The molecule has 0 atom stereocenters. The number of rotatable bonds is 1. The Balaban J connectivity index is 1.88. The van der Waals surface area contributed by atoms with Crippen molar-refractivity contribution in [3.63, 3.8) is 0 Å². The fraction of sp³-hybridized carbons (Fsp3) is 0.357. The molecular formula is C14H16N2O. The summed E-state index contributed by atoms with van der Waals surface area (Å²) < 4.78 is 0. The number of aromatic nitrogens is 1. The van der Waals surface area contributed by atoms with Crippen LogP contribution in [0.5, 0.6) is 0 Å². The van der Waals surface area contributed by atoms with Crippen molar-refractivity contribution >= 4 is 16.8 Å². The van der Waals surface area contributed by atoms with Gasteiger partial charge in [-0.2, -0.15) is 0 Å². The molecule has 1 aliphatic rings. The molecule has 3 rings (SSSR count). The summed E-state index contributed by atoms with van der Waals surface area (Å²) in [5.41, 5.74) is 1.83. The van der Waals surface area contributed by atoms with Crippen LogP contribution in [-0.4, -0.2) is 28.9 Å². The standard InChI is InChI=1S/C14H16N2O/c17-14(16-8-2-1-3-9-16)12-5-4-11-6-7-15-13(11)10-12/h4-7,10,15H,1-3,8-9H2. The number of amides is 1. The van der Waals surface area contributed by atoms with E-state index in [4.69, 9.17) is 0 Å². The molecule has 1 aliphatic heterocycles. The lowest BCUT2D eigenvalue weighted by Crippen LogP contribution is -2.35. The van der Waals surface area contributed by atoms with Gasteiger partial charge in [-0.05, 0) is 42.8 Å². The second-order valence-electron chi connectivity index (χ2n) is 4.63. The average molecular weight is 228 g/mol. The molecule has 0 spiro atoms. The molecule has 0 unspecified atom stereocenters. The van der Waals surface area contributed by atoms with Crippen LogP contribution < -0.4 is 0 Å². The van der Waals surface area contributed by atoms with Crippen molar-refractivity contribution in [1.82, 2.24) is 9.88 Å². The summed E-state index contributed by atoms with van der Waals surface area (Å²) in [6.07, 6.45) is 5.42. The Bertz CT molecular complexity index is 538. The van der Waals surface area contributed by atoms with E-state index in [9.17, 15) is 4.79 Å². The van der Waals surface area contributed by atoms with Crippen LogP contribution in [0.4, 0.5) is 0 Å². The van der Waals surface area contributed by atoms with Gasteiger partial charge >= 0.3 is 0 Å². The van der Waals surface area contributed by atoms with Crippen LogP contribution in [0, 0.1) is 0 Å². The Morgan fingerprint density at radius 2 is 1.94 bits per heavy atom. The van der Waals surface area contributed by atoms with E-state index in [-0.39, 0.29) is 5.91 Å². The second-order valence-corrected chi connectivity index (χ2v) is 4.63. The van der Waals surface area contributed by atoms with E-state index in [1.54, 1.807) is 0 Å². The smallest absolute Gasteiger partial charge is 0.253 e. The molecule has 1 amide bonds. The Morgan fingerprint density at radius 1 is 1.12 bits per heavy atom. The molecule has 0 radical (unpaired) electrons. The highest BCUT2D eigenvalue weighted by Gasteiger charge is 2.18. The minimum Gasteiger partial charge on any atom is -0.361 e. The van der Waals surface area contributed by atoms with E-state index in [0.29, 0.717) is 0 Å². The molecule has 1 aromatic carbocycles. The Labute approximate surface area is 100 Å². The van der Waals surface area contributed by atoms with Crippen LogP contribution in [-0.2, 0) is 0 Å². The zero-order valence-corrected chi connectivity index (χ0v) is 9.78. The van der Waals surface area contributed by atoms with Gasteiger partial charge in [0.1, 0.15) is 0 Å². The summed E-state index contributed by atoms with van der Waals surface area (Å²) in [6.45, 7) is 1.81. The van der Waals surface area contributed by atoms with Gasteiger partial charge in [0.25, 0.3) is 5.91 Å². The third kappa shape index (κ3) is 1.93. The summed E-state index contributed by atoms with van der Waals surface area (Å²) in [7, 11) is 0. The molecule has 0 aliphatic carbocycles. The van der Waals surface area contributed by atoms with Crippen LogP contribution in [0.2, 0.25) is 0 Å². The molecule has 0 bridgehead atoms. The highest BCUT2D eigenvalue weighted by atomic mass is 16.2. The lowest BCUT2D eigenvalue weighted by Gasteiger charge is -2.26. The first-order chi connectivity index (χ1) is 8.34. The number of carbonyl (C=O) groups excluding carboxylic acids is 1. The van der Waals surface area contributed by atoms with E-state index < -0.39 is 0 Å². The summed E-state index contributed by atoms with van der Waals surface area (Å²) in [4.78, 5) is 17.4. The van der Waals surface area contributed by atoms with Crippen molar-refractivity contribution < 1.29 is 4.79 Å². The van der Waals surface area contributed by atoms with Crippen molar-refractivity contribution in [2.75, 3.05) is 13.1 Å². The molecule has 3 heteroatoms. The zero-order valence-electron chi connectivity index (χ0n) is 9.78. The number of likely N-dealkylation sites (tertiary alicyclic amines) is 1. The number of hydrogen-bond acceptors (Lipinski definition) is 1. The normalized spacial score (nSPS) is 16.4. The third-order valence-electron chi connectivity index (χ3n) is 3.45. The quantitative estimate of drug-likeness (QED) is 0.800. The predicted molar refractivity (Wildman–Crippen MR) is 68.1 cm³/mol. The van der Waals surface area contributed by atoms with Gasteiger partial charge in [0.05, 0.1) is 0 Å². The lowest BCUT2D eigenvalue weighted by molar-refractivity contribution is 0.0724. The van der Waals surface area contributed by atoms with E-state index >= 15 is 0 Å². The van der Waals surface area contributed by atoms with Gasteiger partial charge in [-0.1, -0.05) is 6.07 Å². The predicted octanol–water partition coefficient (Wildman–Crippen LogP) is 2.79. The van der Waals surface area contributed by atoms with Crippen molar-refractivity contribution in [2.45, 2.75) is 19.3 Å². The van der Waals surface area contributed by atoms with Crippen LogP contribution in [0.1, 0.15) is 29.6 Å². The van der Waals surface area contributed by atoms with E-state index in [1.165, 1.54) is 6.42 Å². The Morgan fingerprint density at radius 3 is 2.76 bits per heavy atom. The number of aromatic amines is 1. The molecule has 17 heavy (non-hydrogen) atoms. The highest BCUT2D eigenvalue weighted by molar-refractivity contribution is 5.97. The van der Waals surface area contributed by atoms with Gasteiger partial charge in [0.2, 0.25) is 0 Å². The van der Waals surface area contributed by atoms with Crippen molar-refractivity contribution in [2.24, 2.45) is 0 Å². The van der Waals surface area contributed by atoms with Crippen molar-refractivity contribution in [3.8, 4) is 0 Å². The van der Waals surface area contributed by atoms with E-state index in [0.717, 1.165) is 42.4 Å². The van der Waals surface area contributed by atoms with Gasteiger partial charge in [-0.25, -0.2) is 0 Å². The zero-order chi connectivity index (χ0) is 11.7. The van der Waals surface area contributed by atoms with Crippen molar-refractivity contribution in [3.05, 3.63) is 36.0 Å². The molecule has 1 fully saturated rings. The summed E-state index contributed by atoms with van der Waals surface area (Å²) in [5, 5.41) is 1.15. The topological polar surface area (TPSA) is 36.1 Å². The minimum absolute atomic E-state index is 0.168. The molecular weight excluding hydrogens is 212 g/mol. The van der Waals surface area contributed by atoms with Gasteiger partial charge in [-0.15, -0.1) is 0 Å². The van der Waals surface area contributed by atoms with Crippen LogP contribution in [0.25, 0.3) is 10.9 Å². The first kappa shape index (κ1) is 10.4. The maximum absolute atomic E-state index is 12.3. The SMILES string of the molecule is O=C(c1ccc2cc[nH]c2c1)N1CCCCC1. The molecule has 1 aromatic heterocycles. The average Bonchev–Trinajstić information content (AvgIpc) is 2.86. The summed E-state index contributed by atoms with van der Waals surface area (Å²) in [5.74, 6) is 0.168. The fourth-order valence-corrected chi connectivity index (χ4v) is 2.46. The Hall–Kier alpha value is -1.77. The van der Waals surface area contributed by atoms with Gasteiger partial charge < -0.3 is 9.88 Å². The molecule has 1 N–H and O–H groups in total. The summed E-state index contributed by atoms with van der Waals surface area (Å²) in [6, 6.07) is 7.90. The fourth-order valence-electron chi connectivity index (χ4n) is 2.46. The number of H-pyrrole nitrogens is 1. The number of benzene rings is 1. The Kier molecular flexibility index (Phi) is 2.59. The van der Waals surface area contributed by atoms with Gasteiger partial charge in [-0.3, -0.25) is 4.79 Å². The number of fused-ring (bicyclic) bond motifs is 1. The molecule has 0 saturated carbocycles. The van der Waals surface area contributed by atoms with E-state index in [1.807, 2.05) is 35.4 Å². The highest BCUT2D eigenvalue weighted by Crippen LogP contribution is 2.17. The second kappa shape index (κ2) is 4.24. The number of nitrogens with one attached hydrogen (secondary N) is 1.